The molecule has 8 rings (SSSR count). The van der Waals surface area contributed by atoms with E-state index < -0.39 is 0 Å². The van der Waals surface area contributed by atoms with Gasteiger partial charge in [0, 0.05) is 16.7 Å². The van der Waals surface area contributed by atoms with Crippen LogP contribution in [0.3, 0.4) is 0 Å². The van der Waals surface area contributed by atoms with Crippen LogP contribution in [0, 0.1) is 0 Å². The molecule has 6 aromatic rings. The van der Waals surface area contributed by atoms with E-state index in [0.717, 1.165) is 70.2 Å². The van der Waals surface area contributed by atoms with E-state index >= 15 is 0 Å². The van der Waals surface area contributed by atoms with Gasteiger partial charge in [0.25, 0.3) is 0 Å². The van der Waals surface area contributed by atoms with Crippen molar-refractivity contribution in [3.63, 3.8) is 0 Å². The van der Waals surface area contributed by atoms with E-state index in [1.54, 1.807) is 0 Å². The van der Waals surface area contributed by atoms with E-state index in [1.807, 2.05) is 18.2 Å². The average molecular weight is 595 g/mol. The van der Waals surface area contributed by atoms with Gasteiger partial charge in [-0.1, -0.05) is 134 Å². The number of allylic oxidation sites excluding steroid dienone is 2. The number of aromatic nitrogens is 3. The highest BCUT2D eigenvalue weighted by Crippen LogP contribution is 2.40. The fourth-order valence-electron chi connectivity index (χ4n) is 6.62. The molecule has 4 heteroatoms. The van der Waals surface area contributed by atoms with Crippen molar-refractivity contribution in [2.45, 2.75) is 32.2 Å². The van der Waals surface area contributed by atoms with Gasteiger partial charge >= 0.3 is 0 Å². The lowest BCUT2D eigenvalue weighted by molar-refractivity contribution is 0.694. The fourth-order valence-corrected chi connectivity index (χ4v) is 6.62. The molecular weight excluding hydrogens is 560 g/mol. The maximum absolute atomic E-state index is 5.25. The standard InChI is InChI=1S/C42H34N4/c1-2-28-26-38(44-41-35(28)24-22-33-23-25-36(43-40(33)41)31-14-8-4-9-15-31)39-27-37(32-16-10-5-11-17-32)45-42(46-39)34-20-18-30(19-21-34)29-12-6-3-7-13-29/h3-21,23,25-27,38,44H,2,22,24H2,1H3. The number of dihydropyridines is 1. The summed E-state index contributed by atoms with van der Waals surface area (Å²) in [5.41, 5.74) is 14.6. The third-order valence-electron chi connectivity index (χ3n) is 9.05. The second-order valence-corrected chi connectivity index (χ2v) is 11.9. The monoisotopic (exact) mass is 594 g/mol. The van der Waals surface area contributed by atoms with E-state index in [-0.39, 0.29) is 6.04 Å². The Bertz CT molecular complexity index is 2080. The van der Waals surface area contributed by atoms with E-state index in [4.69, 9.17) is 15.0 Å². The van der Waals surface area contributed by atoms with Gasteiger partial charge in [-0.3, -0.25) is 0 Å². The van der Waals surface area contributed by atoms with Crippen LogP contribution in [0.25, 0.3) is 50.7 Å². The molecule has 1 atom stereocenters. The largest absolute Gasteiger partial charge is 0.371 e. The fraction of sp³-hybridized carbons (Fsp3) is 0.119. The maximum Gasteiger partial charge on any atom is 0.160 e. The summed E-state index contributed by atoms with van der Waals surface area (Å²) in [7, 11) is 0. The zero-order valence-electron chi connectivity index (χ0n) is 25.8. The second-order valence-electron chi connectivity index (χ2n) is 11.9. The Balaban J connectivity index is 1.21. The van der Waals surface area contributed by atoms with Crippen LogP contribution >= 0.6 is 0 Å². The first-order valence-corrected chi connectivity index (χ1v) is 16.1. The van der Waals surface area contributed by atoms with Gasteiger partial charge in [0.05, 0.1) is 34.5 Å². The lowest BCUT2D eigenvalue weighted by Crippen LogP contribution is -2.28. The Labute approximate surface area is 270 Å². The molecule has 1 unspecified atom stereocenters. The molecule has 2 aliphatic rings. The summed E-state index contributed by atoms with van der Waals surface area (Å²) in [6.45, 7) is 2.25. The van der Waals surface area contributed by atoms with Crippen LogP contribution in [-0.4, -0.2) is 15.0 Å². The molecule has 0 bridgehead atoms. The van der Waals surface area contributed by atoms with Crippen molar-refractivity contribution in [3.8, 4) is 45.0 Å². The van der Waals surface area contributed by atoms with E-state index in [9.17, 15) is 0 Å². The van der Waals surface area contributed by atoms with Crippen molar-refractivity contribution in [2.24, 2.45) is 0 Å². The van der Waals surface area contributed by atoms with E-state index in [2.05, 4.69) is 134 Å². The summed E-state index contributed by atoms with van der Waals surface area (Å²) >= 11 is 0. The van der Waals surface area contributed by atoms with Crippen LogP contribution in [0.2, 0.25) is 0 Å². The zero-order chi connectivity index (χ0) is 30.9. The minimum atomic E-state index is -0.116. The quantitative estimate of drug-likeness (QED) is 0.209. The molecule has 0 saturated heterocycles. The molecule has 4 nitrogen and oxygen atoms in total. The van der Waals surface area contributed by atoms with Crippen molar-refractivity contribution in [1.29, 1.82) is 0 Å². The Morgan fingerprint density at radius 2 is 1.20 bits per heavy atom. The third kappa shape index (κ3) is 5.33. The van der Waals surface area contributed by atoms with Crippen molar-refractivity contribution in [1.82, 2.24) is 20.3 Å². The summed E-state index contributed by atoms with van der Waals surface area (Å²) < 4.78 is 0. The first-order valence-electron chi connectivity index (χ1n) is 16.1. The highest BCUT2D eigenvalue weighted by Gasteiger charge is 2.29. The van der Waals surface area contributed by atoms with Gasteiger partial charge in [0.1, 0.15) is 0 Å². The predicted molar refractivity (Wildman–Crippen MR) is 188 cm³/mol. The summed E-state index contributed by atoms with van der Waals surface area (Å²) in [6.07, 6.45) is 5.32. The van der Waals surface area contributed by atoms with Gasteiger partial charge in [0.2, 0.25) is 0 Å². The molecule has 0 spiro atoms. The Hall–Kier alpha value is -5.61. The Morgan fingerprint density at radius 3 is 1.87 bits per heavy atom. The summed E-state index contributed by atoms with van der Waals surface area (Å²) in [4.78, 5) is 15.6. The van der Waals surface area contributed by atoms with Crippen molar-refractivity contribution >= 4 is 5.70 Å². The lowest BCUT2D eigenvalue weighted by atomic mass is 9.83. The number of hydrogen-bond acceptors (Lipinski definition) is 4. The van der Waals surface area contributed by atoms with Crippen LogP contribution < -0.4 is 5.32 Å². The molecule has 0 amide bonds. The number of aryl methyl sites for hydroxylation is 1. The number of benzene rings is 4. The minimum Gasteiger partial charge on any atom is -0.371 e. The molecule has 0 radical (unpaired) electrons. The summed E-state index contributed by atoms with van der Waals surface area (Å²) in [5.74, 6) is 0.720. The molecule has 1 aliphatic carbocycles. The molecule has 1 aliphatic heterocycles. The van der Waals surface area contributed by atoms with Gasteiger partial charge in [-0.15, -0.1) is 0 Å². The SMILES string of the molecule is CCC1=CC(c2cc(-c3ccccc3)nc(-c3ccc(-c4ccccc4)cc3)n2)NC2=C1CCc1ccc(-c3ccccc3)nc12. The highest BCUT2D eigenvalue weighted by atomic mass is 15.0. The summed E-state index contributed by atoms with van der Waals surface area (Å²) in [5, 5.41) is 3.91. The van der Waals surface area contributed by atoms with E-state index in [0.29, 0.717) is 0 Å². The number of fused-ring (bicyclic) bond motifs is 2. The number of rotatable bonds is 6. The van der Waals surface area contributed by atoms with Gasteiger partial charge < -0.3 is 5.32 Å². The molecular formula is C42H34N4. The smallest absolute Gasteiger partial charge is 0.160 e. The van der Waals surface area contributed by atoms with Crippen LogP contribution in [-0.2, 0) is 6.42 Å². The van der Waals surface area contributed by atoms with Crippen LogP contribution in [0.15, 0.2) is 151 Å². The molecule has 222 valence electrons. The number of hydrogen-bond donors (Lipinski definition) is 1. The maximum atomic E-state index is 5.25. The van der Waals surface area contributed by atoms with Crippen LogP contribution in [0.5, 0.6) is 0 Å². The third-order valence-corrected chi connectivity index (χ3v) is 9.05. The van der Waals surface area contributed by atoms with Crippen molar-refractivity contribution in [3.05, 3.63) is 168 Å². The molecule has 3 heterocycles. The lowest BCUT2D eigenvalue weighted by Gasteiger charge is -2.32. The summed E-state index contributed by atoms with van der Waals surface area (Å²) in [6, 6.07) is 46.3. The first-order chi connectivity index (χ1) is 22.7. The molecule has 1 N–H and O–H groups in total. The average Bonchev–Trinajstić information content (AvgIpc) is 3.15. The van der Waals surface area contributed by atoms with Gasteiger partial charge in [0.15, 0.2) is 5.82 Å². The van der Waals surface area contributed by atoms with Crippen LogP contribution in [0.4, 0.5) is 0 Å². The second kappa shape index (κ2) is 12.1. The minimum absolute atomic E-state index is 0.116. The highest BCUT2D eigenvalue weighted by molar-refractivity contribution is 5.77. The van der Waals surface area contributed by atoms with Crippen molar-refractivity contribution in [2.75, 3.05) is 0 Å². The van der Waals surface area contributed by atoms with E-state index in [1.165, 1.54) is 27.8 Å². The topological polar surface area (TPSA) is 50.7 Å². The normalized spacial score (nSPS) is 15.4. The van der Waals surface area contributed by atoms with Gasteiger partial charge in [-0.2, -0.15) is 0 Å². The number of nitrogens with one attached hydrogen (secondary N) is 1. The number of pyridine rings is 1. The zero-order valence-corrected chi connectivity index (χ0v) is 25.8. The molecule has 2 aromatic heterocycles. The number of nitrogens with zero attached hydrogens (tertiary/aromatic N) is 3. The first kappa shape index (κ1) is 27.9. The van der Waals surface area contributed by atoms with Gasteiger partial charge in [-0.05, 0) is 59.2 Å². The predicted octanol–water partition coefficient (Wildman–Crippen LogP) is 9.88. The van der Waals surface area contributed by atoms with Crippen LogP contribution in [0.1, 0.15) is 42.8 Å². The molecule has 46 heavy (non-hydrogen) atoms. The molecule has 4 aromatic carbocycles. The Kier molecular flexibility index (Phi) is 7.31. The Morgan fingerprint density at radius 1 is 0.587 bits per heavy atom. The van der Waals surface area contributed by atoms with Crippen molar-refractivity contribution < 1.29 is 0 Å². The molecule has 0 fully saturated rings. The van der Waals surface area contributed by atoms with Gasteiger partial charge in [-0.25, -0.2) is 15.0 Å². The molecule has 0 saturated carbocycles.